The van der Waals surface area contributed by atoms with Crippen molar-refractivity contribution in [3.63, 3.8) is 0 Å². The summed E-state index contributed by atoms with van der Waals surface area (Å²) in [6.07, 6.45) is 2.68. The third-order valence-electron chi connectivity index (χ3n) is 4.16. The Bertz CT molecular complexity index is 706. The molecule has 0 radical (unpaired) electrons. The SMILES string of the molecule is C=CCOc1cc2c(cc1[C@H](CC)c1ccc(OC)cc1)OCO2. The van der Waals surface area contributed by atoms with Gasteiger partial charge in [-0.15, -0.1) is 0 Å². The van der Waals surface area contributed by atoms with Crippen LogP contribution >= 0.6 is 0 Å². The van der Waals surface area contributed by atoms with Crippen molar-refractivity contribution in [2.45, 2.75) is 19.3 Å². The van der Waals surface area contributed by atoms with Gasteiger partial charge in [0, 0.05) is 17.5 Å². The van der Waals surface area contributed by atoms with E-state index in [1.165, 1.54) is 5.56 Å². The van der Waals surface area contributed by atoms with Crippen molar-refractivity contribution in [3.05, 3.63) is 60.2 Å². The Morgan fingerprint density at radius 3 is 2.50 bits per heavy atom. The summed E-state index contributed by atoms with van der Waals surface area (Å²) < 4.78 is 22.2. The van der Waals surface area contributed by atoms with E-state index < -0.39 is 0 Å². The number of methoxy groups -OCH3 is 1. The Kier molecular flexibility index (Phi) is 4.94. The molecule has 126 valence electrons. The first-order valence-corrected chi connectivity index (χ1v) is 8.08. The molecule has 0 fully saturated rings. The van der Waals surface area contributed by atoms with Gasteiger partial charge >= 0.3 is 0 Å². The second kappa shape index (κ2) is 7.30. The molecule has 0 saturated carbocycles. The second-order valence-corrected chi connectivity index (χ2v) is 5.58. The van der Waals surface area contributed by atoms with E-state index in [1.54, 1.807) is 13.2 Å². The van der Waals surface area contributed by atoms with E-state index in [4.69, 9.17) is 18.9 Å². The molecular weight excluding hydrogens is 304 g/mol. The summed E-state index contributed by atoms with van der Waals surface area (Å²) in [6.45, 7) is 6.59. The average molecular weight is 326 g/mol. The molecule has 0 bridgehead atoms. The van der Waals surface area contributed by atoms with E-state index in [2.05, 4.69) is 25.6 Å². The Hall–Kier alpha value is -2.62. The van der Waals surface area contributed by atoms with Gasteiger partial charge in [-0.2, -0.15) is 0 Å². The molecule has 0 spiro atoms. The molecule has 0 unspecified atom stereocenters. The lowest BCUT2D eigenvalue weighted by atomic mass is 9.88. The molecule has 3 rings (SSSR count). The predicted octanol–water partition coefficient (Wildman–Crippen LogP) is 4.53. The zero-order valence-corrected chi connectivity index (χ0v) is 14.1. The highest BCUT2D eigenvalue weighted by Crippen LogP contribution is 2.43. The fourth-order valence-corrected chi connectivity index (χ4v) is 2.96. The Morgan fingerprint density at radius 1 is 1.17 bits per heavy atom. The first-order valence-electron chi connectivity index (χ1n) is 8.08. The average Bonchev–Trinajstić information content (AvgIpc) is 3.08. The first kappa shape index (κ1) is 16.2. The third kappa shape index (κ3) is 3.18. The minimum absolute atomic E-state index is 0.199. The van der Waals surface area contributed by atoms with Crippen LogP contribution in [0.3, 0.4) is 0 Å². The van der Waals surface area contributed by atoms with Crippen LogP contribution in [0.2, 0.25) is 0 Å². The fraction of sp³-hybridized carbons (Fsp3) is 0.300. The van der Waals surface area contributed by atoms with Crippen LogP contribution < -0.4 is 18.9 Å². The topological polar surface area (TPSA) is 36.9 Å². The van der Waals surface area contributed by atoms with Crippen molar-refractivity contribution < 1.29 is 18.9 Å². The van der Waals surface area contributed by atoms with Crippen LogP contribution in [-0.4, -0.2) is 20.5 Å². The summed E-state index contributed by atoms with van der Waals surface area (Å²) in [5, 5.41) is 0. The zero-order chi connectivity index (χ0) is 16.9. The van der Waals surface area contributed by atoms with Gasteiger partial charge in [-0.25, -0.2) is 0 Å². The maximum absolute atomic E-state index is 5.88. The van der Waals surface area contributed by atoms with Crippen molar-refractivity contribution in [1.29, 1.82) is 0 Å². The van der Waals surface area contributed by atoms with E-state index in [-0.39, 0.29) is 12.7 Å². The van der Waals surface area contributed by atoms with E-state index in [0.717, 1.165) is 35.0 Å². The van der Waals surface area contributed by atoms with Gasteiger partial charge in [-0.3, -0.25) is 0 Å². The van der Waals surface area contributed by atoms with Gasteiger partial charge in [-0.1, -0.05) is 31.7 Å². The molecule has 0 aromatic heterocycles. The van der Waals surface area contributed by atoms with Crippen LogP contribution in [-0.2, 0) is 0 Å². The molecule has 2 aromatic rings. The number of benzene rings is 2. The minimum Gasteiger partial charge on any atom is -0.497 e. The van der Waals surface area contributed by atoms with Gasteiger partial charge in [0.1, 0.15) is 18.1 Å². The molecular formula is C20H22O4. The first-order chi connectivity index (χ1) is 11.8. The van der Waals surface area contributed by atoms with Crippen LogP contribution in [0.5, 0.6) is 23.0 Å². The predicted molar refractivity (Wildman–Crippen MR) is 93.4 cm³/mol. The van der Waals surface area contributed by atoms with Gasteiger partial charge in [0.15, 0.2) is 11.5 Å². The molecule has 1 heterocycles. The van der Waals surface area contributed by atoms with Crippen molar-refractivity contribution in [2.24, 2.45) is 0 Å². The van der Waals surface area contributed by atoms with E-state index in [9.17, 15) is 0 Å². The van der Waals surface area contributed by atoms with Crippen molar-refractivity contribution in [1.82, 2.24) is 0 Å². The standard InChI is InChI=1S/C20H22O4/c1-4-10-22-18-12-20-19(23-13-24-20)11-17(18)16(5-2)14-6-8-15(21-3)9-7-14/h4,6-9,11-12,16H,1,5,10,13H2,2-3H3/t16-/m1/s1. The van der Waals surface area contributed by atoms with Gasteiger partial charge in [0.25, 0.3) is 0 Å². The smallest absolute Gasteiger partial charge is 0.231 e. The Labute approximate surface area is 142 Å². The van der Waals surface area contributed by atoms with Gasteiger partial charge in [-0.05, 0) is 30.2 Å². The highest BCUT2D eigenvalue weighted by Gasteiger charge is 2.23. The molecule has 1 atom stereocenters. The summed E-state index contributed by atoms with van der Waals surface area (Å²) in [6, 6.07) is 12.1. The summed E-state index contributed by atoms with van der Waals surface area (Å²) >= 11 is 0. The molecule has 4 heteroatoms. The van der Waals surface area contributed by atoms with Crippen molar-refractivity contribution in [3.8, 4) is 23.0 Å². The van der Waals surface area contributed by atoms with Crippen LogP contribution in [0.25, 0.3) is 0 Å². The highest BCUT2D eigenvalue weighted by atomic mass is 16.7. The number of ether oxygens (including phenoxy) is 4. The van der Waals surface area contributed by atoms with Crippen LogP contribution in [0.4, 0.5) is 0 Å². The van der Waals surface area contributed by atoms with Crippen molar-refractivity contribution in [2.75, 3.05) is 20.5 Å². The normalized spacial score (nSPS) is 13.4. The zero-order valence-electron chi connectivity index (χ0n) is 14.1. The summed E-state index contributed by atoms with van der Waals surface area (Å²) in [5.41, 5.74) is 2.30. The van der Waals surface area contributed by atoms with Crippen LogP contribution in [0.15, 0.2) is 49.1 Å². The van der Waals surface area contributed by atoms with Crippen LogP contribution in [0.1, 0.15) is 30.4 Å². The molecule has 0 amide bonds. The number of fused-ring (bicyclic) bond motifs is 1. The lowest BCUT2D eigenvalue weighted by Crippen LogP contribution is -2.05. The Morgan fingerprint density at radius 2 is 1.88 bits per heavy atom. The largest absolute Gasteiger partial charge is 0.497 e. The summed E-state index contributed by atoms with van der Waals surface area (Å²) in [4.78, 5) is 0. The lowest BCUT2D eigenvalue weighted by molar-refractivity contribution is 0.174. The minimum atomic E-state index is 0.199. The monoisotopic (exact) mass is 326 g/mol. The van der Waals surface area contributed by atoms with E-state index in [1.807, 2.05) is 24.3 Å². The molecule has 24 heavy (non-hydrogen) atoms. The molecule has 4 nitrogen and oxygen atoms in total. The highest BCUT2D eigenvalue weighted by molar-refractivity contribution is 5.55. The van der Waals surface area contributed by atoms with Crippen LogP contribution in [0, 0.1) is 0 Å². The summed E-state index contributed by atoms with van der Waals surface area (Å²) in [5.74, 6) is 3.35. The van der Waals surface area contributed by atoms with Crippen molar-refractivity contribution >= 4 is 0 Å². The molecule has 1 aliphatic heterocycles. The number of hydrogen-bond donors (Lipinski definition) is 0. The number of hydrogen-bond acceptors (Lipinski definition) is 4. The quantitative estimate of drug-likeness (QED) is 0.701. The fourth-order valence-electron chi connectivity index (χ4n) is 2.96. The second-order valence-electron chi connectivity index (χ2n) is 5.58. The Balaban J connectivity index is 2.01. The molecule has 0 aliphatic carbocycles. The number of rotatable bonds is 7. The maximum Gasteiger partial charge on any atom is 0.231 e. The van der Waals surface area contributed by atoms with Gasteiger partial charge in [0.05, 0.1) is 7.11 Å². The van der Waals surface area contributed by atoms with E-state index in [0.29, 0.717) is 6.61 Å². The molecule has 1 aliphatic rings. The third-order valence-corrected chi connectivity index (χ3v) is 4.16. The summed E-state index contributed by atoms with van der Waals surface area (Å²) in [7, 11) is 1.67. The van der Waals surface area contributed by atoms with Gasteiger partial charge in [0.2, 0.25) is 6.79 Å². The molecule has 0 N–H and O–H groups in total. The molecule has 2 aromatic carbocycles. The maximum atomic E-state index is 5.88. The van der Waals surface area contributed by atoms with Gasteiger partial charge < -0.3 is 18.9 Å². The molecule has 0 saturated heterocycles. The lowest BCUT2D eigenvalue weighted by Gasteiger charge is -2.20. The van der Waals surface area contributed by atoms with E-state index >= 15 is 0 Å².